The van der Waals surface area contributed by atoms with Gasteiger partial charge in [-0.15, -0.1) is 0 Å². The van der Waals surface area contributed by atoms with Gasteiger partial charge in [0.2, 0.25) is 5.75 Å². The maximum absolute atomic E-state index is 12.1. The van der Waals surface area contributed by atoms with Crippen molar-refractivity contribution in [2.24, 2.45) is 0 Å². The van der Waals surface area contributed by atoms with E-state index in [4.69, 9.17) is 4.74 Å². The Hall–Kier alpha value is -1.74. The summed E-state index contributed by atoms with van der Waals surface area (Å²) in [5.74, 6) is 0.303. The molecule has 2 aromatic carbocycles. The first-order chi connectivity index (χ1) is 10.3. The third kappa shape index (κ3) is 4.94. The zero-order valence-corrected chi connectivity index (χ0v) is 13.1. The molecule has 0 saturated carbocycles. The maximum atomic E-state index is 12.1. The van der Waals surface area contributed by atoms with Crippen LogP contribution in [0.5, 0.6) is 0 Å². The molecule has 0 atom stereocenters. The fraction of sp³-hybridized carbons (Fsp3) is 0.278. The average molecular weight is 301 g/mol. The van der Waals surface area contributed by atoms with Crippen molar-refractivity contribution in [2.75, 3.05) is 12.4 Å². The topological polar surface area (TPSA) is 26.3 Å². The first-order valence-electron chi connectivity index (χ1n) is 7.28. The van der Waals surface area contributed by atoms with Crippen molar-refractivity contribution < 1.29 is 9.53 Å². The lowest BCUT2D eigenvalue weighted by Crippen LogP contribution is -2.20. The monoisotopic (exact) mass is 301 g/mol. The Morgan fingerprint density at radius 2 is 1.48 bits per heavy atom. The molecule has 0 fully saturated rings. The van der Waals surface area contributed by atoms with Crippen molar-refractivity contribution >= 4 is 16.9 Å². The molecule has 0 aliphatic heterocycles. The van der Waals surface area contributed by atoms with Gasteiger partial charge in [0.15, 0.2) is 9.79 Å². The van der Waals surface area contributed by atoms with Crippen molar-refractivity contribution in [3.8, 4) is 0 Å². The van der Waals surface area contributed by atoms with Crippen LogP contribution in [0.15, 0.2) is 70.5 Å². The van der Waals surface area contributed by atoms with Crippen molar-refractivity contribution in [1.29, 1.82) is 0 Å². The van der Waals surface area contributed by atoms with Crippen LogP contribution < -0.4 is 0 Å². The maximum Gasteiger partial charge on any atom is 0.357 e. The molecule has 2 rings (SSSR count). The van der Waals surface area contributed by atoms with Crippen LogP contribution >= 0.6 is 0 Å². The molecule has 0 aliphatic rings. The van der Waals surface area contributed by atoms with Crippen molar-refractivity contribution in [1.82, 2.24) is 0 Å². The van der Waals surface area contributed by atoms with E-state index in [1.165, 1.54) is 9.79 Å². The van der Waals surface area contributed by atoms with E-state index in [9.17, 15) is 4.79 Å². The van der Waals surface area contributed by atoms with Gasteiger partial charge in [0, 0.05) is 0 Å². The third-order valence-corrected chi connectivity index (χ3v) is 5.29. The molecule has 2 aromatic rings. The van der Waals surface area contributed by atoms with Gasteiger partial charge < -0.3 is 4.74 Å². The standard InChI is InChI=1S/C18H21O2S/c1-2-3-14-20-18(19)15-21(16-10-6-4-7-11-16)17-12-8-5-9-13-17/h4-13H,2-3,14-15H2,1H3/q+1. The van der Waals surface area contributed by atoms with Crippen LogP contribution in [-0.4, -0.2) is 18.3 Å². The molecule has 110 valence electrons. The lowest BCUT2D eigenvalue weighted by Gasteiger charge is -2.08. The van der Waals surface area contributed by atoms with Crippen LogP contribution in [0.4, 0.5) is 0 Å². The number of carbonyl (C=O) groups excluding carboxylic acids is 1. The molecule has 0 spiro atoms. The Balaban J connectivity index is 2.12. The largest absolute Gasteiger partial charge is 0.462 e. The smallest absolute Gasteiger partial charge is 0.357 e. The van der Waals surface area contributed by atoms with Gasteiger partial charge in [0.1, 0.15) is 0 Å². The SMILES string of the molecule is CCCCOC(=O)C[S+](c1ccccc1)c1ccccc1. The Morgan fingerprint density at radius 3 is 1.95 bits per heavy atom. The molecular weight excluding hydrogens is 280 g/mol. The average Bonchev–Trinajstić information content (AvgIpc) is 2.54. The van der Waals surface area contributed by atoms with Gasteiger partial charge in [-0.2, -0.15) is 0 Å². The predicted molar refractivity (Wildman–Crippen MR) is 87.5 cm³/mol. The summed E-state index contributed by atoms with van der Waals surface area (Å²) in [6.07, 6.45) is 1.96. The van der Waals surface area contributed by atoms with Gasteiger partial charge in [-0.05, 0) is 30.7 Å². The fourth-order valence-electron chi connectivity index (χ4n) is 1.96. The Kier molecular flexibility index (Phi) is 6.35. The van der Waals surface area contributed by atoms with Gasteiger partial charge in [-0.25, -0.2) is 4.79 Å². The summed E-state index contributed by atoms with van der Waals surface area (Å²) in [6.45, 7) is 2.61. The summed E-state index contributed by atoms with van der Waals surface area (Å²) >= 11 is 0. The second-order valence-electron chi connectivity index (χ2n) is 4.74. The van der Waals surface area contributed by atoms with E-state index >= 15 is 0 Å². The molecule has 0 aromatic heterocycles. The zero-order chi connectivity index (χ0) is 14.9. The summed E-state index contributed by atoms with van der Waals surface area (Å²) in [4.78, 5) is 14.4. The molecule has 0 bridgehead atoms. The summed E-state index contributed by atoms with van der Waals surface area (Å²) in [6, 6.07) is 20.4. The Morgan fingerprint density at radius 1 is 0.952 bits per heavy atom. The van der Waals surface area contributed by atoms with E-state index in [-0.39, 0.29) is 16.9 Å². The Bertz CT molecular complexity index is 500. The number of rotatable bonds is 7. The number of benzene rings is 2. The van der Waals surface area contributed by atoms with Crippen LogP contribution in [0.2, 0.25) is 0 Å². The molecule has 2 nitrogen and oxygen atoms in total. The minimum atomic E-state index is -0.261. The molecule has 3 heteroatoms. The van der Waals surface area contributed by atoms with Crippen molar-refractivity contribution in [3.63, 3.8) is 0 Å². The molecule has 0 radical (unpaired) electrons. The van der Waals surface area contributed by atoms with Gasteiger partial charge in [-0.3, -0.25) is 0 Å². The van der Waals surface area contributed by atoms with Crippen LogP contribution in [-0.2, 0) is 20.4 Å². The lowest BCUT2D eigenvalue weighted by atomic mass is 10.4. The molecule has 0 heterocycles. The van der Waals surface area contributed by atoms with Crippen LogP contribution in [0.3, 0.4) is 0 Å². The first kappa shape index (κ1) is 15.6. The molecule has 0 amide bonds. The van der Waals surface area contributed by atoms with Crippen molar-refractivity contribution in [2.45, 2.75) is 29.6 Å². The van der Waals surface area contributed by atoms with Gasteiger partial charge in [0.25, 0.3) is 0 Å². The highest BCUT2D eigenvalue weighted by atomic mass is 32.2. The predicted octanol–water partition coefficient (Wildman–Crippen LogP) is 4.07. The number of esters is 1. The number of unbranched alkanes of at least 4 members (excludes halogenated alkanes) is 1. The van der Waals surface area contributed by atoms with E-state index < -0.39 is 0 Å². The lowest BCUT2D eigenvalue weighted by molar-refractivity contribution is -0.140. The van der Waals surface area contributed by atoms with Gasteiger partial charge in [0.05, 0.1) is 17.5 Å². The highest BCUT2D eigenvalue weighted by Gasteiger charge is 2.29. The van der Waals surface area contributed by atoms with Gasteiger partial charge >= 0.3 is 5.97 Å². The summed E-state index contributed by atoms with van der Waals surface area (Å²) < 4.78 is 5.32. The van der Waals surface area contributed by atoms with E-state index in [1.807, 2.05) is 36.4 Å². The molecular formula is C18H21O2S+. The minimum Gasteiger partial charge on any atom is -0.462 e. The fourth-order valence-corrected chi connectivity index (χ4v) is 3.86. The summed E-state index contributed by atoms with van der Waals surface area (Å²) in [7, 11) is -0.261. The van der Waals surface area contributed by atoms with Crippen LogP contribution in [0.1, 0.15) is 19.8 Å². The van der Waals surface area contributed by atoms with Crippen molar-refractivity contribution in [3.05, 3.63) is 60.7 Å². The highest BCUT2D eigenvalue weighted by Crippen LogP contribution is 2.23. The van der Waals surface area contributed by atoms with Gasteiger partial charge in [-0.1, -0.05) is 49.7 Å². The molecule has 0 saturated heterocycles. The number of carbonyl (C=O) groups is 1. The first-order valence-corrected chi connectivity index (χ1v) is 8.67. The zero-order valence-electron chi connectivity index (χ0n) is 12.3. The third-order valence-electron chi connectivity index (χ3n) is 3.08. The Labute approximate surface area is 129 Å². The molecule has 0 N–H and O–H groups in total. The number of hydrogen-bond acceptors (Lipinski definition) is 2. The van der Waals surface area contributed by atoms with Crippen LogP contribution in [0.25, 0.3) is 0 Å². The minimum absolute atomic E-state index is 0.112. The number of hydrogen-bond donors (Lipinski definition) is 0. The van der Waals surface area contributed by atoms with E-state index in [0.717, 1.165) is 12.8 Å². The highest BCUT2D eigenvalue weighted by molar-refractivity contribution is 7.97. The second kappa shape index (κ2) is 8.53. The molecule has 0 aliphatic carbocycles. The van der Waals surface area contributed by atoms with Crippen LogP contribution in [0, 0.1) is 0 Å². The number of ether oxygens (including phenoxy) is 1. The quantitative estimate of drug-likeness (QED) is 0.438. The van der Waals surface area contributed by atoms with E-state index in [0.29, 0.717) is 12.4 Å². The summed E-state index contributed by atoms with van der Waals surface area (Å²) in [5, 5.41) is 0. The molecule has 21 heavy (non-hydrogen) atoms. The normalized spacial score (nSPS) is 10.6. The van der Waals surface area contributed by atoms with E-state index in [2.05, 4.69) is 31.2 Å². The van der Waals surface area contributed by atoms with E-state index in [1.54, 1.807) is 0 Å². The molecule has 0 unspecified atom stereocenters. The second-order valence-corrected chi connectivity index (χ2v) is 6.75. The summed E-state index contributed by atoms with van der Waals surface area (Å²) in [5.41, 5.74) is 0.